The molecule has 0 bridgehead atoms. The Morgan fingerprint density at radius 3 is 2.41 bits per heavy atom. The molecule has 0 atom stereocenters. The Hall–Kier alpha value is -2.47. The van der Waals surface area contributed by atoms with Crippen LogP contribution in [0.25, 0.3) is 0 Å². The Morgan fingerprint density at radius 1 is 0.955 bits per heavy atom. The van der Waals surface area contributed by atoms with Gasteiger partial charge in [0.1, 0.15) is 12.7 Å². The molecule has 0 saturated carbocycles. The molecular weight excluding hydrogens is 298 g/mol. The molecule has 0 amide bonds. The Bertz CT molecular complexity index is 743. The molecule has 0 aliphatic heterocycles. The highest BCUT2D eigenvalue weighted by Gasteiger charge is 2.02. The van der Waals surface area contributed by atoms with Crippen LogP contribution in [0.3, 0.4) is 0 Å². The first-order valence-electron chi connectivity index (χ1n) is 6.76. The standard InChI is InChI=1S/C16H15N3O2S/c20-15-6-5-14(7-16(15)21)22-9-13-3-1-12(2-4-13)8-19-11-17-10-18-19/h1-7,10-11,20-21H,8-9H2. The van der Waals surface area contributed by atoms with Crippen LogP contribution in [0.15, 0.2) is 60.0 Å². The second kappa shape index (κ2) is 6.53. The van der Waals surface area contributed by atoms with Crippen LogP contribution in [0, 0.1) is 0 Å². The monoisotopic (exact) mass is 313 g/mol. The molecular formula is C16H15N3O2S. The Morgan fingerprint density at radius 2 is 1.73 bits per heavy atom. The van der Waals surface area contributed by atoms with Gasteiger partial charge in [-0.05, 0) is 29.3 Å². The van der Waals surface area contributed by atoms with Gasteiger partial charge in [0.2, 0.25) is 0 Å². The quantitative estimate of drug-likeness (QED) is 0.559. The highest BCUT2D eigenvalue weighted by Crippen LogP contribution is 2.31. The molecule has 3 rings (SSSR count). The summed E-state index contributed by atoms with van der Waals surface area (Å²) in [7, 11) is 0. The first-order chi connectivity index (χ1) is 10.7. The fourth-order valence-corrected chi connectivity index (χ4v) is 2.89. The van der Waals surface area contributed by atoms with Crippen molar-refractivity contribution >= 4 is 11.8 Å². The number of thioether (sulfide) groups is 1. The zero-order valence-corrected chi connectivity index (χ0v) is 12.6. The van der Waals surface area contributed by atoms with E-state index < -0.39 is 0 Å². The maximum absolute atomic E-state index is 9.48. The number of hydrogen-bond donors (Lipinski definition) is 2. The maximum atomic E-state index is 9.48. The molecule has 0 saturated heterocycles. The van der Waals surface area contributed by atoms with E-state index in [4.69, 9.17) is 0 Å². The van der Waals surface area contributed by atoms with Gasteiger partial charge in [-0.1, -0.05) is 24.3 Å². The van der Waals surface area contributed by atoms with Crippen molar-refractivity contribution in [1.29, 1.82) is 0 Å². The van der Waals surface area contributed by atoms with E-state index in [2.05, 4.69) is 34.3 Å². The third kappa shape index (κ3) is 3.59. The number of benzene rings is 2. The lowest BCUT2D eigenvalue weighted by Gasteiger charge is -2.06. The Labute approximate surface area is 132 Å². The lowest BCUT2D eigenvalue weighted by molar-refractivity contribution is 0.402. The van der Waals surface area contributed by atoms with Crippen LogP contribution < -0.4 is 0 Å². The number of rotatable bonds is 5. The summed E-state index contributed by atoms with van der Waals surface area (Å²) in [6.45, 7) is 0.708. The zero-order valence-electron chi connectivity index (χ0n) is 11.8. The average molecular weight is 313 g/mol. The van der Waals surface area contributed by atoms with E-state index in [0.717, 1.165) is 10.6 Å². The molecule has 0 aliphatic rings. The molecule has 0 radical (unpaired) electrons. The molecule has 0 spiro atoms. The van der Waals surface area contributed by atoms with Gasteiger partial charge in [0.25, 0.3) is 0 Å². The van der Waals surface area contributed by atoms with Gasteiger partial charge in [-0.15, -0.1) is 11.8 Å². The van der Waals surface area contributed by atoms with Gasteiger partial charge in [-0.25, -0.2) is 9.67 Å². The number of phenolic OH excluding ortho intramolecular Hbond substituents is 2. The zero-order chi connectivity index (χ0) is 15.4. The van der Waals surface area contributed by atoms with Gasteiger partial charge >= 0.3 is 0 Å². The number of nitrogens with zero attached hydrogens (tertiary/aromatic N) is 3. The van der Waals surface area contributed by atoms with Crippen molar-refractivity contribution in [3.05, 3.63) is 66.2 Å². The molecule has 2 N–H and O–H groups in total. The number of phenols is 2. The van der Waals surface area contributed by atoms with Gasteiger partial charge in [-0.2, -0.15) is 5.10 Å². The second-order valence-electron chi connectivity index (χ2n) is 4.85. The summed E-state index contributed by atoms with van der Waals surface area (Å²) in [5.41, 5.74) is 2.36. The largest absolute Gasteiger partial charge is 0.504 e. The van der Waals surface area contributed by atoms with E-state index in [1.54, 1.807) is 34.9 Å². The van der Waals surface area contributed by atoms with Gasteiger partial charge in [-0.3, -0.25) is 0 Å². The smallest absolute Gasteiger partial charge is 0.158 e. The highest BCUT2D eigenvalue weighted by atomic mass is 32.2. The molecule has 112 valence electrons. The van der Waals surface area contributed by atoms with Crippen molar-refractivity contribution in [2.45, 2.75) is 17.2 Å². The molecule has 2 aromatic carbocycles. The van der Waals surface area contributed by atoms with Crippen molar-refractivity contribution in [3.8, 4) is 11.5 Å². The van der Waals surface area contributed by atoms with Crippen LogP contribution in [0.2, 0.25) is 0 Å². The lowest BCUT2D eigenvalue weighted by atomic mass is 10.1. The van der Waals surface area contributed by atoms with E-state index in [1.807, 2.05) is 0 Å². The molecule has 22 heavy (non-hydrogen) atoms. The SMILES string of the molecule is Oc1ccc(SCc2ccc(Cn3cncn3)cc2)cc1O. The lowest BCUT2D eigenvalue weighted by Crippen LogP contribution is -1.99. The third-order valence-corrected chi connectivity index (χ3v) is 4.25. The summed E-state index contributed by atoms with van der Waals surface area (Å²) in [5, 5.41) is 22.9. The minimum absolute atomic E-state index is 0.0896. The van der Waals surface area contributed by atoms with Crippen molar-refractivity contribution in [2.75, 3.05) is 0 Å². The predicted molar refractivity (Wildman–Crippen MR) is 84.9 cm³/mol. The van der Waals surface area contributed by atoms with Crippen LogP contribution in [-0.2, 0) is 12.3 Å². The van der Waals surface area contributed by atoms with Crippen molar-refractivity contribution in [1.82, 2.24) is 14.8 Å². The van der Waals surface area contributed by atoms with E-state index in [1.165, 1.54) is 23.5 Å². The predicted octanol–water partition coefficient (Wildman–Crippen LogP) is 3.03. The van der Waals surface area contributed by atoms with Crippen LogP contribution in [0.1, 0.15) is 11.1 Å². The van der Waals surface area contributed by atoms with Crippen LogP contribution in [-0.4, -0.2) is 25.0 Å². The summed E-state index contributed by atoms with van der Waals surface area (Å²) < 4.78 is 1.78. The van der Waals surface area contributed by atoms with Gasteiger partial charge in [0.15, 0.2) is 11.5 Å². The maximum Gasteiger partial charge on any atom is 0.158 e. The molecule has 5 nitrogen and oxygen atoms in total. The fourth-order valence-electron chi connectivity index (χ4n) is 2.00. The van der Waals surface area contributed by atoms with E-state index in [9.17, 15) is 10.2 Å². The summed E-state index contributed by atoms with van der Waals surface area (Å²) >= 11 is 1.61. The topological polar surface area (TPSA) is 71.2 Å². The van der Waals surface area contributed by atoms with Crippen molar-refractivity contribution < 1.29 is 10.2 Å². The first-order valence-corrected chi connectivity index (χ1v) is 7.74. The summed E-state index contributed by atoms with van der Waals surface area (Å²) in [6, 6.07) is 13.2. The van der Waals surface area contributed by atoms with Crippen molar-refractivity contribution in [2.24, 2.45) is 0 Å². The fraction of sp³-hybridized carbons (Fsp3) is 0.125. The van der Waals surface area contributed by atoms with Gasteiger partial charge in [0.05, 0.1) is 6.54 Å². The molecule has 0 fully saturated rings. The molecule has 1 heterocycles. The minimum Gasteiger partial charge on any atom is -0.504 e. The second-order valence-corrected chi connectivity index (χ2v) is 5.90. The Balaban J connectivity index is 1.60. The average Bonchev–Trinajstić information content (AvgIpc) is 3.03. The molecule has 3 aromatic rings. The molecule has 0 unspecified atom stereocenters. The molecule has 6 heteroatoms. The third-order valence-electron chi connectivity index (χ3n) is 3.19. The number of aromatic nitrogens is 3. The van der Waals surface area contributed by atoms with E-state index in [0.29, 0.717) is 6.54 Å². The summed E-state index contributed by atoms with van der Waals surface area (Å²) in [6.07, 6.45) is 3.22. The van der Waals surface area contributed by atoms with E-state index in [-0.39, 0.29) is 11.5 Å². The van der Waals surface area contributed by atoms with E-state index >= 15 is 0 Å². The minimum atomic E-state index is -0.0955. The van der Waals surface area contributed by atoms with Crippen LogP contribution in [0.5, 0.6) is 11.5 Å². The molecule has 1 aromatic heterocycles. The Kier molecular flexibility index (Phi) is 4.29. The van der Waals surface area contributed by atoms with Gasteiger partial charge in [0, 0.05) is 10.6 Å². The number of aromatic hydroxyl groups is 2. The first kappa shape index (κ1) is 14.5. The highest BCUT2D eigenvalue weighted by molar-refractivity contribution is 7.98. The summed E-state index contributed by atoms with van der Waals surface area (Å²) in [4.78, 5) is 4.84. The summed E-state index contributed by atoms with van der Waals surface area (Å²) in [5.74, 6) is 0.614. The van der Waals surface area contributed by atoms with Crippen molar-refractivity contribution in [3.63, 3.8) is 0 Å². The molecule has 0 aliphatic carbocycles. The number of hydrogen-bond acceptors (Lipinski definition) is 5. The van der Waals surface area contributed by atoms with Gasteiger partial charge < -0.3 is 10.2 Å². The van der Waals surface area contributed by atoms with Crippen LogP contribution in [0.4, 0.5) is 0 Å². The van der Waals surface area contributed by atoms with Crippen LogP contribution >= 0.6 is 11.8 Å². The normalized spacial score (nSPS) is 10.7.